The SMILES string of the molecule is CCOC(=O)C1CC(C(F)F)=NNC1=O. The molecule has 1 amide bonds. The maximum atomic E-state index is 12.2. The van der Waals surface area contributed by atoms with Gasteiger partial charge in [0.1, 0.15) is 11.6 Å². The number of ether oxygens (including phenoxy) is 1. The number of hydrogen-bond acceptors (Lipinski definition) is 4. The number of alkyl halides is 2. The van der Waals surface area contributed by atoms with Crippen LogP contribution in [0.2, 0.25) is 0 Å². The maximum absolute atomic E-state index is 12.2. The van der Waals surface area contributed by atoms with E-state index < -0.39 is 29.9 Å². The first kappa shape index (κ1) is 11.5. The van der Waals surface area contributed by atoms with E-state index in [-0.39, 0.29) is 13.0 Å². The van der Waals surface area contributed by atoms with Crippen LogP contribution in [-0.4, -0.2) is 30.6 Å². The van der Waals surface area contributed by atoms with Crippen LogP contribution < -0.4 is 5.43 Å². The molecule has 0 bridgehead atoms. The van der Waals surface area contributed by atoms with Crippen LogP contribution in [-0.2, 0) is 14.3 Å². The van der Waals surface area contributed by atoms with Gasteiger partial charge in [-0.3, -0.25) is 9.59 Å². The molecule has 1 atom stereocenters. The summed E-state index contributed by atoms with van der Waals surface area (Å²) in [7, 11) is 0. The number of nitrogens with one attached hydrogen (secondary N) is 1. The van der Waals surface area contributed by atoms with Crippen molar-refractivity contribution in [2.24, 2.45) is 11.0 Å². The van der Waals surface area contributed by atoms with E-state index in [1.807, 2.05) is 5.43 Å². The van der Waals surface area contributed by atoms with Crippen molar-refractivity contribution in [2.75, 3.05) is 6.61 Å². The number of hydrazone groups is 1. The first-order chi connectivity index (χ1) is 7.06. The minimum absolute atomic E-state index is 0.101. The van der Waals surface area contributed by atoms with E-state index in [4.69, 9.17) is 0 Å². The molecule has 84 valence electrons. The molecule has 5 nitrogen and oxygen atoms in total. The Morgan fingerprint density at radius 2 is 2.40 bits per heavy atom. The van der Waals surface area contributed by atoms with Crippen molar-refractivity contribution in [3.63, 3.8) is 0 Å². The third-order valence-corrected chi connectivity index (χ3v) is 1.86. The van der Waals surface area contributed by atoms with E-state index in [2.05, 4.69) is 9.84 Å². The van der Waals surface area contributed by atoms with Gasteiger partial charge in [0.2, 0.25) is 0 Å². The van der Waals surface area contributed by atoms with E-state index >= 15 is 0 Å². The van der Waals surface area contributed by atoms with Gasteiger partial charge in [-0.05, 0) is 6.92 Å². The highest BCUT2D eigenvalue weighted by molar-refractivity contribution is 6.05. The Labute approximate surface area is 84.5 Å². The molecule has 15 heavy (non-hydrogen) atoms. The summed E-state index contributed by atoms with van der Waals surface area (Å²) in [4.78, 5) is 22.3. The van der Waals surface area contributed by atoms with E-state index in [0.717, 1.165) is 0 Å². The molecule has 0 saturated heterocycles. The van der Waals surface area contributed by atoms with Gasteiger partial charge in [-0.25, -0.2) is 14.2 Å². The fourth-order valence-corrected chi connectivity index (χ4v) is 1.12. The fraction of sp³-hybridized carbons (Fsp3) is 0.625. The Balaban J connectivity index is 2.71. The quantitative estimate of drug-likeness (QED) is 0.549. The Kier molecular flexibility index (Phi) is 3.70. The topological polar surface area (TPSA) is 67.8 Å². The average molecular weight is 220 g/mol. The lowest BCUT2D eigenvalue weighted by Crippen LogP contribution is -2.41. The Bertz CT molecular complexity index is 304. The van der Waals surface area contributed by atoms with Gasteiger partial charge in [-0.15, -0.1) is 0 Å². The summed E-state index contributed by atoms with van der Waals surface area (Å²) in [5, 5.41) is 3.16. The molecule has 0 aromatic rings. The van der Waals surface area contributed by atoms with Crippen LogP contribution in [0.3, 0.4) is 0 Å². The molecule has 0 spiro atoms. The molecular formula is C8H10F2N2O3. The minimum atomic E-state index is -2.78. The molecule has 1 aliphatic heterocycles. The lowest BCUT2D eigenvalue weighted by molar-refractivity contribution is -0.152. The smallest absolute Gasteiger partial charge is 0.318 e. The van der Waals surface area contributed by atoms with Crippen molar-refractivity contribution in [3.8, 4) is 0 Å². The standard InChI is InChI=1S/C8H10F2N2O3/c1-2-15-8(14)4-3-5(6(9)10)11-12-7(4)13/h4,6H,2-3H2,1H3,(H,12,13). The highest BCUT2D eigenvalue weighted by Crippen LogP contribution is 2.15. The summed E-state index contributed by atoms with van der Waals surface area (Å²) in [5.41, 5.74) is 1.36. The van der Waals surface area contributed by atoms with Gasteiger partial charge in [0.15, 0.2) is 0 Å². The van der Waals surface area contributed by atoms with E-state index in [0.29, 0.717) is 0 Å². The first-order valence-electron chi connectivity index (χ1n) is 4.37. The highest BCUT2D eigenvalue weighted by Gasteiger charge is 2.35. The van der Waals surface area contributed by atoms with Crippen LogP contribution in [0.1, 0.15) is 13.3 Å². The third kappa shape index (κ3) is 2.71. The summed E-state index contributed by atoms with van der Waals surface area (Å²) in [6, 6.07) is 0. The number of nitrogens with zero attached hydrogens (tertiary/aromatic N) is 1. The third-order valence-electron chi connectivity index (χ3n) is 1.86. The van der Waals surface area contributed by atoms with Gasteiger partial charge < -0.3 is 4.74 Å². The molecule has 0 aromatic carbocycles. The lowest BCUT2D eigenvalue weighted by Gasteiger charge is -2.19. The average Bonchev–Trinajstić information content (AvgIpc) is 2.18. The number of carbonyl (C=O) groups excluding carboxylic acids is 2. The molecule has 0 saturated carbocycles. The summed E-state index contributed by atoms with van der Waals surface area (Å²) in [5.74, 6) is -2.73. The molecule has 1 unspecified atom stereocenters. The van der Waals surface area contributed by atoms with Gasteiger partial charge in [0, 0.05) is 6.42 Å². The van der Waals surface area contributed by atoms with Gasteiger partial charge in [-0.2, -0.15) is 5.10 Å². The van der Waals surface area contributed by atoms with Crippen LogP contribution in [0.5, 0.6) is 0 Å². The van der Waals surface area contributed by atoms with Gasteiger partial charge in [0.25, 0.3) is 12.3 Å². The van der Waals surface area contributed by atoms with Crippen molar-refractivity contribution < 1.29 is 23.1 Å². The molecule has 0 aromatic heterocycles. The number of esters is 1. The number of hydrogen-bond donors (Lipinski definition) is 1. The van der Waals surface area contributed by atoms with Crippen LogP contribution in [0.15, 0.2) is 5.10 Å². The second-order valence-electron chi connectivity index (χ2n) is 2.89. The Hall–Kier alpha value is -1.53. The first-order valence-corrected chi connectivity index (χ1v) is 4.37. The number of carbonyl (C=O) groups is 2. The van der Waals surface area contributed by atoms with Crippen molar-refractivity contribution in [1.82, 2.24) is 5.43 Å². The normalized spacial score (nSPS) is 20.9. The maximum Gasteiger partial charge on any atom is 0.318 e. The zero-order valence-corrected chi connectivity index (χ0v) is 8.00. The molecular weight excluding hydrogens is 210 g/mol. The minimum Gasteiger partial charge on any atom is -0.465 e. The van der Waals surface area contributed by atoms with Crippen LogP contribution in [0, 0.1) is 5.92 Å². The molecule has 1 rings (SSSR count). The summed E-state index contributed by atoms with van der Waals surface area (Å²) in [6.45, 7) is 1.67. The lowest BCUT2D eigenvalue weighted by atomic mass is 10.0. The molecule has 0 fully saturated rings. The Morgan fingerprint density at radius 3 is 2.93 bits per heavy atom. The van der Waals surface area contributed by atoms with E-state index in [9.17, 15) is 18.4 Å². The van der Waals surface area contributed by atoms with Crippen molar-refractivity contribution in [2.45, 2.75) is 19.8 Å². The summed E-state index contributed by atoms with van der Waals surface area (Å²) >= 11 is 0. The molecule has 7 heteroatoms. The fourth-order valence-electron chi connectivity index (χ4n) is 1.12. The van der Waals surface area contributed by atoms with Crippen LogP contribution >= 0.6 is 0 Å². The molecule has 1 N–H and O–H groups in total. The van der Waals surface area contributed by atoms with E-state index in [1.54, 1.807) is 6.92 Å². The van der Waals surface area contributed by atoms with Crippen molar-refractivity contribution in [1.29, 1.82) is 0 Å². The summed E-state index contributed by atoms with van der Waals surface area (Å²) in [6.07, 6.45) is -3.16. The second-order valence-corrected chi connectivity index (χ2v) is 2.89. The van der Waals surface area contributed by atoms with Crippen molar-refractivity contribution >= 4 is 17.6 Å². The number of amides is 1. The predicted octanol–water partition coefficient (Wildman–Crippen LogP) is 0.307. The van der Waals surface area contributed by atoms with Crippen LogP contribution in [0.4, 0.5) is 8.78 Å². The van der Waals surface area contributed by atoms with Crippen LogP contribution in [0.25, 0.3) is 0 Å². The summed E-state index contributed by atoms with van der Waals surface area (Å²) < 4.78 is 29.1. The molecule has 0 radical (unpaired) electrons. The number of halogens is 2. The zero-order chi connectivity index (χ0) is 11.4. The van der Waals surface area contributed by atoms with Crippen molar-refractivity contribution in [3.05, 3.63) is 0 Å². The van der Waals surface area contributed by atoms with Gasteiger partial charge >= 0.3 is 5.97 Å². The second kappa shape index (κ2) is 4.81. The zero-order valence-electron chi connectivity index (χ0n) is 8.00. The number of rotatable bonds is 3. The van der Waals surface area contributed by atoms with E-state index in [1.165, 1.54) is 0 Å². The van der Waals surface area contributed by atoms with Gasteiger partial charge in [-0.1, -0.05) is 0 Å². The Morgan fingerprint density at radius 1 is 1.73 bits per heavy atom. The largest absolute Gasteiger partial charge is 0.465 e. The molecule has 0 aliphatic carbocycles. The highest BCUT2D eigenvalue weighted by atomic mass is 19.3. The monoisotopic (exact) mass is 220 g/mol. The molecule has 1 aliphatic rings. The predicted molar refractivity (Wildman–Crippen MR) is 46.3 cm³/mol. The molecule has 1 heterocycles. The van der Waals surface area contributed by atoms with Gasteiger partial charge in [0.05, 0.1) is 6.61 Å².